The molecular formula is C8H10ClN3OS. The minimum atomic E-state index is -0.269. The van der Waals surface area contributed by atoms with Crippen molar-refractivity contribution in [1.29, 1.82) is 0 Å². The summed E-state index contributed by atoms with van der Waals surface area (Å²) in [6.07, 6.45) is 1.39. The Morgan fingerprint density at radius 3 is 2.93 bits per heavy atom. The van der Waals surface area contributed by atoms with Gasteiger partial charge < -0.3 is 9.88 Å². The van der Waals surface area contributed by atoms with Gasteiger partial charge in [-0.2, -0.15) is 11.8 Å². The van der Waals surface area contributed by atoms with E-state index in [0.717, 1.165) is 24.6 Å². The van der Waals surface area contributed by atoms with E-state index in [1.165, 1.54) is 6.33 Å². The zero-order valence-electron chi connectivity index (χ0n) is 7.49. The summed E-state index contributed by atoms with van der Waals surface area (Å²) in [5.74, 6) is 2.73. The average Bonchev–Trinajstić information content (AvgIpc) is 2.23. The number of halogens is 1. The number of H-pyrrole nitrogens is 1. The SMILES string of the molecule is O=c1[nH]cnc(N2CCSCC2)c1Cl. The normalized spacial score (nSPS) is 17.1. The lowest BCUT2D eigenvalue weighted by Gasteiger charge is -2.27. The zero-order valence-corrected chi connectivity index (χ0v) is 9.07. The molecule has 0 spiro atoms. The summed E-state index contributed by atoms with van der Waals surface area (Å²) >= 11 is 7.78. The van der Waals surface area contributed by atoms with Crippen molar-refractivity contribution in [2.75, 3.05) is 29.5 Å². The summed E-state index contributed by atoms with van der Waals surface area (Å²) in [5, 5.41) is 0.194. The lowest BCUT2D eigenvalue weighted by Crippen LogP contribution is -2.34. The Morgan fingerprint density at radius 1 is 1.50 bits per heavy atom. The number of nitrogens with zero attached hydrogens (tertiary/aromatic N) is 2. The molecule has 1 aliphatic rings. The van der Waals surface area contributed by atoms with Crippen molar-refractivity contribution < 1.29 is 0 Å². The van der Waals surface area contributed by atoms with Gasteiger partial charge in [0, 0.05) is 24.6 Å². The van der Waals surface area contributed by atoms with Crippen LogP contribution in [0, 0.1) is 0 Å². The second-order valence-electron chi connectivity index (χ2n) is 2.97. The Balaban J connectivity index is 2.30. The predicted octanol–water partition coefficient (Wildman–Crippen LogP) is 0.977. The molecule has 1 saturated heterocycles. The molecule has 0 bridgehead atoms. The largest absolute Gasteiger partial charge is 0.354 e. The van der Waals surface area contributed by atoms with Gasteiger partial charge in [0.2, 0.25) is 0 Å². The van der Waals surface area contributed by atoms with E-state index < -0.39 is 0 Å². The van der Waals surface area contributed by atoms with Gasteiger partial charge in [-0.3, -0.25) is 4.79 Å². The van der Waals surface area contributed by atoms with E-state index >= 15 is 0 Å². The van der Waals surface area contributed by atoms with Crippen LogP contribution < -0.4 is 10.5 Å². The highest BCUT2D eigenvalue weighted by molar-refractivity contribution is 7.99. The lowest BCUT2D eigenvalue weighted by molar-refractivity contribution is 0.832. The van der Waals surface area contributed by atoms with Gasteiger partial charge in [0.05, 0.1) is 6.33 Å². The van der Waals surface area contributed by atoms with E-state index in [4.69, 9.17) is 11.6 Å². The van der Waals surface area contributed by atoms with Crippen LogP contribution in [0.1, 0.15) is 0 Å². The number of anilines is 1. The molecule has 0 amide bonds. The molecule has 0 aromatic carbocycles. The van der Waals surface area contributed by atoms with Gasteiger partial charge in [0.25, 0.3) is 5.56 Å². The van der Waals surface area contributed by atoms with Crippen LogP contribution in [0.2, 0.25) is 5.02 Å². The van der Waals surface area contributed by atoms with Gasteiger partial charge >= 0.3 is 0 Å². The fraction of sp³-hybridized carbons (Fsp3) is 0.500. The van der Waals surface area contributed by atoms with Crippen molar-refractivity contribution >= 4 is 29.2 Å². The first kappa shape index (κ1) is 9.86. The number of thioether (sulfide) groups is 1. The molecule has 4 nitrogen and oxygen atoms in total. The summed E-state index contributed by atoms with van der Waals surface area (Å²) in [4.78, 5) is 19.8. The summed E-state index contributed by atoms with van der Waals surface area (Å²) < 4.78 is 0. The Bertz CT molecular complexity index is 375. The number of nitrogens with one attached hydrogen (secondary N) is 1. The molecular weight excluding hydrogens is 222 g/mol. The molecule has 0 aliphatic carbocycles. The Labute approximate surface area is 90.7 Å². The number of hydrogen-bond acceptors (Lipinski definition) is 4. The number of aromatic amines is 1. The third-order valence-corrected chi connectivity index (χ3v) is 3.37. The predicted molar refractivity (Wildman–Crippen MR) is 59.4 cm³/mol. The fourth-order valence-electron chi connectivity index (χ4n) is 1.37. The summed E-state index contributed by atoms with van der Waals surface area (Å²) in [7, 11) is 0. The van der Waals surface area contributed by atoms with Gasteiger partial charge in [0.1, 0.15) is 5.02 Å². The third-order valence-electron chi connectivity index (χ3n) is 2.09. The molecule has 1 fully saturated rings. The highest BCUT2D eigenvalue weighted by Crippen LogP contribution is 2.21. The van der Waals surface area contributed by atoms with Crippen molar-refractivity contribution in [3.63, 3.8) is 0 Å². The molecule has 1 aliphatic heterocycles. The average molecular weight is 232 g/mol. The van der Waals surface area contributed by atoms with Crippen molar-refractivity contribution in [2.24, 2.45) is 0 Å². The molecule has 0 saturated carbocycles. The molecule has 2 rings (SSSR count). The van der Waals surface area contributed by atoms with Gasteiger partial charge in [-0.15, -0.1) is 0 Å². The Hall–Kier alpha value is -0.680. The summed E-state index contributed by atoms with van der Waals surface area (Å²) in [6, 6.07) is 0. The first-order valence-electron chi connectivity index (χ1n) is 4.35. The lowest BCUT2D eigenvalue weighted by atomic mass is 10.4. The van der Waals surface area contributed by atoms with E-state index in [0.29, 0.717) is 5.82 Å². The molecule has 0 atom stereocenters. The maximum atomic E-state index is 11.2. The van der Waals surface area contributed by atoms with Crippen LogP contribution in [-0.4, -0.2) is 34.6 Å². The second-order valence-corrected chi connectivity index (χ2v) is 4.57. The number of rotatable bonds is 1. The van der Waals surface area contributed by atoms with Crippen LogP contribution in [-0.2, 0) is 0 Å². The van der Waals surface area contributed by atoms with Crippen LogP contribution in [0.25, 0.3) is 0 Å². The zero-order chi connectivity index (χ0) is 9.97. The topological polar surface area (TPSA) is 49.0 Å². The summed E-state index contributed by atoms with van der Waals surface area (Å²) in [6.45, 7) is 1.81. The van der Waals surface area contributed by atoms with Crippen molar-refractivity contribution in [3.05, 3.63) is 21.7 Å². The molecule has 1 aromatic heterocycles. The molecule has 0 radical (unpaired) electrons. The van der Waals surface area contributed by atoms with Gasteiger partial charge in [0.15, 0.2) is 5.82 Å². The molecule has 1 aromatic rings. The van der Waals surface area contributed by atoms with Crippen LogP contribution >= 0.6 is 23.4 Å². The van der Waals surface area contributed by atoms with Gasteiger partial charge in [-0.25, -0.2) is 4.98 Å². The van der Waals surface area contributed by atoms with Gasteiger partial charge in [-0.1, -0.05) is 11.6 Å². The number of aromatic nitrogens is 2. The molecule has 76 valence electrons. The maximum absolute atomic E-state index is 11.2. The fourth-order valence-corrected chi connectivity index (χ4v) is 2.50. The molecule has 6 heteroatoms. The highest BCUT2D eigenvalue weighted by Gasteiger charge is 2.16. The third kappa shape index (κ3) is 1.88. The van der Waals surface area contributed by atoms with Gasteiger partial charge in [-0.05, 0) is 0 Å². The number of hydrogen-bond donors (Lipinski definition) is 1. The molecule has 14 heavy (non-hydrogen) atoms. The minimum Gasteiger partial charge on any atom is -0.354 e. The standard InChI is InChI=1S/C8H10ClN3OS/c9-6-7(10-5-11-8(6)13)12-1-3-14-4-2-12/h5H,1-4H2,(H,10,11,13). The van der Waals surface area contributed by atoms with E-state index in [2.05, 4.69) is 9.97 Å². The first-order chi connectivity index (χ1) is 6.79. The van der Waals surface area contributed by atoms with E-state index in [9.17, 15) is 4.79 Å². The van der Waals surface area contributed by atoms with Crippen molar-refractivity contribution in [1.82, 2.24) is 9.97 Å². The molecule has 0 unspecified atom stereocenters. The van der Waals surface area contributed by atoms with Crippen LogP contribution in [0.15, 0.2) is 11.1 Å². The van der Waals surface area contributed by atoms with Crippen LogP contribution in [0.3, 0.4) is 0 Å². The van der Waals surface area contributed by atoms with Crippen molar-refractivity contribution in [3.8, 4) is 0 Å². The monoisotopic (exact) mass is 231 g/mol. The smallest absolute Gasteiger partial charge is 0.271 e. The van der Waals surface area contributed by atoms with E-state index in [1.54, 1.807) is 0 Å². The van der Waals surface area contributed by atoms with Crippen molar-refractivity contribution in [2.45, 2.75) is 0 Å². The summed E-state index contributed by atoms with van der Waals surface area (Å²) in [5.41, 5.74) is -0.269. The Morgan fingerprint density at radius 2 is 2.21 bits per heavy atom. The van der Waals surface area contributed by atoms with Crippen LogP contribution in [0.4, 0.5) is 5.82 Å². The van der Waals surface area contributed by atoms with E-state index in [-0.39, 0.29) is 10.6 Å². The van der Waals surface area contributed by atoms with Crippen LogP contribution in [0.5, 0.6) is 0 Å². The first-order valence-corrected chi connectivity index (χ1v) is 5.88. The Kier molecular flexibility index (Phi) is 2.98. The minimum absolute atomic E-state index is 0.194. The highest BCUT2D eigenvalue weighted by atomic mass is 35.5. The quantitative estimate of drug-likeness (QED) is 0.783. The second kappa shape index (κ2) is 4.23. The maximum Gasteiger partial charge on any atom is 0.271 e. The molecule has 2 heterocycles. The molecule has 1 N–H and O–H groups in total. The van der Waals surface area contributed by atoms with E-state index in [1.807, 2.05) is 16.7 Å².